The third-order valence-electron chi connectivity index (χ3n) is 2.58. The molecule has 0 fully saturated rings. The second-order valence-electron chi connectivity index (χ2n) is 5.60. The Hall–Kier alpha value is -1.65. The molecule has 1 aromatic heterocycles. The van der Waals surface area contributed by atoms with Crippen molar-refractivity contribution in [3.8, 4) is 6.07 Å². The number of carbonyl (C=O) groups is 1. The summed E-state index contributed by atoms with van der Waals surface area (Å²) in [6.07, 6.45) is 1.50. The van der Waals surface area contributed by atoms with Crippen LogP contribution in [0.4, 0.5) is 0 Å². The van der Waals surface area contributed by atoms with Gasteiger partial charge in [0.25, 0.3) is 0 Å². The van der Waals surface area contributed by atoms with Gasteiger partial charge in [0, 0.05) is 20.9 Å². The third-order valence-corrected chi connectivity index (χ3v) is 4.28. The monoisotopic (exact) mass is 295 g/mol. The van der Waals surface area contributed by atoms with E-state index in [1.165, 1.54) is 10.8 Å². The summed E-state index contributed by atoms with van der Waals surface area (Å²) in [5, 5.41) is 8.85. The molecule has 0 N–H and O–H groups in total. The summed E-state index contributed by atoms with van der Waals surface area (Å²) in [5.41, 5.74) is 0.182. The summed E-state index contributed by atoms with van der Waals surface area (Å²) in [7, 11) is -1.14. The first-order chi connectivity index (χ1) is 9.37. The highest BCUT2D eigenvalue weighted by Gasteiger charge is 2.17. The van der Waals surface area contributed by atoms with E-state index in [0.717, 1.165) is 6.04 Å². The number of hydrogen-bond acceptors (Lipinski definition) is 5. The van der Waals surface area contributed by atoms with E-state index < -0.39 is 14.0 Å². The second-order valence-corrected chi connectivity index (χ2v) is 11.2. The Balaban J connectivity index is 2.66. The van der Waals surface area contributed by atoms with Gasteiger partial charge in [-0.1, -0.05) is 19.6 Å². The van der Waals surface area contributed by atoms with Crippen LogP contribution in [0, 0.1) is 11.3 Å². The van der Waals surface area contributed by atoms with Crippen molar-refractivity contribution in [2.45, 2.75) is 39.3 Å². The van der Waals surface area contributed by atoms with E-state index in [4.69, 9.17) is 14.7 Å². The molecule has 0 aliphatic heterocycles. The van der Waals surface area contributed by atoms with Crippen LogP contribution >= 0.6 is 0 Å². The van der Waals surface area contributed by atoms with Gasteiger partial charge >= 0.3 is 5.97 Å². The quantitative estimate of drug-likeness (QED) is 0.438. The van der Waals surface area contributed by atoms with Gasteiger partial charge in [-0.25, -0.2) is 9.78 Å². The SMILES string of the molecule is CCOC(=O)c1nc(C#N)cn1COCC[Si](C)(C)C. The summed E-state index contributed by atoms with van der Waals surface area (Å²) >= 11 is 0. The smallest absolute Gasteiger partial charge is 0.374 e. The maximum Gasteiger partial charge on any atom is 0.374 e. The van der Waals surface area contributed by atoms with E-state index in [1.807, 2.05) is 6.07 Å². The van der Waals surface area contributed by atoms with Crippen LogP contribution in [0.15, 0.2) is 6.20 Å². The molecule has 0 saturated heterocycles. The number of rotatable bonds is 7. The Morgan fingerprint density at radius 1 is 1.50 bits per heavy atom. The maximum atomic E-state index is 11.7. The lowest BCUT2D eigenvalue weighted by atomic mass is 10.5. The molecule has 0 radical (unpaired) electrons. The van der Waals surface area contributed by atoms with Crippen molar-refractivity contribution >= 4 is 14.0 Å². The van der Waals surface area contributed by atoms with Crippen molar-refractivity contribution in [2.75, 3.05) is 13.2 Å². The zero-order valence-electron chi connectivity index (χ0n) is 12.5. The fourth-order valence-electron chi connectivity index (χ4n) is 1.47. The minimum absolute atomic E-state index is 0.108. The molecule has 0 saturated carbocycles. The largest absolute Gasteiger partial charge is 0.460 e. The molecular weight excluding hydrogens is 274 g/mol. The summed E-state index contributed by atoms with van der Waals surface area (Å²) in [5.74, 6) is -0.431. The third kappa shape index (κ3) is 5.15. The Bertz CT molecular complexity index is 500. The van der Waals surface area contributed by atoms with Gasteiger partial charge in [-0.15, -0.1) is 0 Å². The van der Waals surface area contributed by atoms with Crippen LogP contribution in [-0.2, 0) is 16.2 Å². The molecule has 0 amide bonds. The molecule has 0 spiro atoms. The van der Waals surface area contributed by atoms with Gasteiger partial charge in [0.05, 0.1) is 6.61 Å². The predicted molar refractivity (Wildman–Crippen MR) is 77.0 cm³/mol. The summed E-state index contributed by atoms with van der Waals surface area (Å²) in [4.78, 5) is 15.7. The Morgan fingerprint density at radius 2 is 2.20 bits per heavy atom. The van der Waals surface area contributed by atoms with E-state index in [1.54, 1.807) is 6.92 Å². The van der Waals surface area contributed by atoms with Crippen LogP contribution in [0.5, 0.6) is 0 Å². The van der Waals surface area contributed by atoms with Gasteiger partial charge < -0.3 is 14.0 Å². The molecule has 0 atom stereocenters. The van der Waals surface area contributed by atoms with Crippen molar-refractivity contribution in [3.05, 3.63) is 17.7 Å². The van der Waals surface area contributed by atoms with Gasteiger partial charge in [0.15, 0.2) is 5.69 Å². The molecule has 0 unspecified atom stereocenters. The molecule has 20 heavy (non-hydrogen) atoms. The molecular formula is C13H21N3O3Si. The van der Waals surface area contributed by atoms with Crippen molar-refractivity contribution < 1.29 is 14.3 Å². The molecule has 6 nitrogen and oxygen atoms in total. The highest BCUT2D eigenvalue weighted by atomic mass is 28.3. The van der Waals surface area contributed by atoms with E-state index in [-0.39, 0.29) is 24.9 Å². The number of nitrogens with zero attached hydrogens (tertiary/aromatic N) is 3. The average Bonchev–Trinajstić information content (AvgIpc) is 2.77. The number of nitriles is 1. The number of hydrogen-bond donors (Lipinski definition) is 0. The lowest BCUT2D eigenvalue weighted by molar-refractivity contribution is 0.0464. The number of ether oxygens (including phenoxy) is 2. The van der Waals surface area contributed by atoms with Crippen molar-refractivity contribution in [1.29, 1.82) is 5.26 Å². The van der Waals surface area contributed by atoms with Crippen LogP contribution in [0.2, 0.25) is 25.7 Å². The lowest BCUT2D eigenvalue weighted by Gasteiger charge is -2.15. The van der Waals surface area contributed by atoms with E-state index in [2.05, 4.69) is 24.6 Å². The Morgan fingerprint density at radius 3 is 2.75 bits per heavy atom. The molecule has 1 aromatic rings. The zero-order valence-corrected chi connectivity index (χ0v) is 13.5. The molecule has 1 heterocycles. The van der Waals surface area contributed by atoms with Gasteiger partial charge in [-0.05, 0) is 13.0 Å². The fourth-order valence-corrected chi connectivity index (χ4v) is 2.22. The van der Waals surface area contributed by atoms with Crippen LogP contribution in [0.25, 0.3) is 0 Å². The molecule has 0 bridgehead atoms. The predicted octanol–water partition coefficient (Wildman–Crippen LogP) is 2.24. The van der Waals surface area contributed by atoms with E-state index in [0.29, 0.717) is 6.61 Å². The first-order valence-electron chi connectivity index (χ1n) is 6.59. The Kier molecular flexibility index (Phi) is 5.92. The second kappa shape index (κ2) is 7.22. The van der Waals surface area contributed by atoms with E-state index in [9.17, 15) is 4.79 Å². The molecule has 7 heteroatoms. The average molecular weight is 295 g/mol. The molecule has 0 aromatic carbocycles. The van der Waals surface area contributed by atoms with Crippen LogP contribution < -0.4 is 0 Å². The molecule has 110 valence electrons. The van der Waals surface area contributed by atoms with Crippen molar-refractivity contribution in [3.63, 3.8) is 0 Å². The number of imidazole rings is 1. The highest BCUT2D eigenvalue weighted by Crippen LogP contribution is 2.09. The minimum Gasteiger partial charge on any atom is -0.460 e. The standard InChI is InChI=1S/C13H21N3O3Si/c1-5-19-13(17)12-15-11(8-14)9-16(12)10-18-6-7-20(2,3)4/h9H,5-7,10H2,1-4H3. The first kappa shape index (κ1) is 16.4. The van der Waals surface area contributed by atoms with Crippen LogP contribution in [0.3, 0.4) is 0 Å². The number of esters is 1. The van der Waals surface area contributed by atoms with Gasteiger partial charge in [-0.3, -0.25) is 0 Å². The van der Waals surface area contributed by atoms with E-state index >= 15 is 0 Å². The summed E-state index contributed by atoms with van der Waals surface area (Å²) in [6.45, 7) is 9.64. The molecule has 0 aliphatic rings. The van der Waals surface area contributed by atoms with Gasteiger partial charge in [0.2, 0.25) is 5.82 Å². The van der Waals surface area contributed by atoms with Crippen molar-refractivity contribution in [1.82, 2.24) is 9.55 Å². The van der Waals surface area contributed by atoms with Crippen LogP contribution in [-0.4, -0.2) is 36.8 Å². The van der Waals surface area contributed by atoms with Crippen molar-refractivity contribution in [2.24, 2.45) is 0 Å². The summed E-state index contributed by atoms with van der Waals surface area (Å²) < 4.78 is 12.0. The maximum absolute atomic E-state index is 11.7. The normalized spacial score (nSPS) is 11.2. The first-order valence-corrected chi connectivity index (χ1v) is 10.3. The fraction of sp³-hybridized carbons (Fsp3) is 0.615. The topological polar surface area (TPSA) is 77.1 Å². The number of carbonyl (C=O) groups excluding carboxylic acids is 1. The molecule has 0 aliphatic carbocycles. The highest BCUT2D eigenvalue weighted by molar-refractivity contribution is 6.76. The van der Waals surface area contributed by atoms with Gasteiger partial charge in [0.1, 0.15) is 12.8 Å². The minimum atomic E-state index is -1.14. The van der Waals surface area contributed by atoms with Crippen LogP contribution in [0.1, 0.15) is 23.2 Å². The zero-order chi connectivity index (χ0) is 15.2. The Labute approximate surface area is 120 Å². The number of aromatic nitrogens is 2. The summed E-state index contributed by atoms with van der Waals surface area (Å²) in [6, 6.07) is 2.95. The van der Waals surface area contributed by atoms with Gasteiger partial charge in [-0.2, -0.15) is 5.26 Å². The molecule has 1 rings (SSSR count). The lowest BCUT2D eigenvalue weighted by Crippen LogP contribution is -2.22.